The quantitative estimate of drug-likeness (QED) is 0.569. The second kappa shape index (κ2) is 7.60. The predicted octanol–water partition coefficient (Wildman–Crippen LogP) is 2.79. The van der Waals surface area contributed by atoms with E-state index in [0.717, 1.165) is 25.4 Å². The summed E-state index contributed by atoms with van der Waals surface area (Å²) in [5.74, 6) is 0.989. The molecular weight excluding hydrogens is 206 g/mol. The fourth-order valence-corrected chi connectivity index (χ4v) is 1.82. The van der Waals surface area contributed by atoms with Gasteiger partial charge < -0.3 is 10.1 Å². The zero-order valence-corrected chi connectivity index (χ0v) is 10.3. The fraction of sp³-hybridized carbons (Fsp3) is 0.500. The van der Waals surface area contributed by atoms with Gasteiger partial charge in [-0.25, -0.2) is 0 Å². The molecule has 15 heavy (non-hydrogen) atoms. The number of benzene rings is 1. The smallest absolute Gasteiger partial charge is 0.132 e. The lowest BCUT2D eigenvalue weighted by Gasteiger charge is -2.09. The van der Waals surface area contributed by atoms with Gasteiger partial charge in [0.05, 0.1) is 0 Å². The van der Waals surface area contributed by atoms with Crippen LogP contribution in [-0.2, 0) is 0 Å². The summed E-state index contributed by atoms with van der Waals surface area (Å²) in [6, 6.07) is 8.15. The topological polar surface area (TPSA) is 21.3 Å². The first-order valence-corrected chi connectivity index (χ1v) is 6.57. The standard InChI is InChI=1S/C12H19NOS/c1-3-8-13-9-10-14-11-6-4-5-7-12(11)15-2/h4-7,13H,3,8-10H2,1-2H3. The molecule has 0 unspecified atom stereocenters. The molecule has 0 radical (unpaired) electrons. The highest BCUT2D eigenvalue weighted by molar-refractivity contribution is 7.98. The van der Waals surface area contributed by atoms with Crippen LogP contribution in [0.15, 0.2) is 29.2 Å². The maximum absolute atomic E-state index is 5.69. The number of rotatable bonds is 7. The third kappa shape index (κ3) is 4.58. The van der Waals surface area contributed by atoms with E-state index in [1.54, 1.807) is 11.8 Å². The molecule has 1 N–H and O–H groups in total. The summed E-state index contributed by atoms with van der Waals surface area (Å²) in [6.45, 7) is 4.87. The van der Waals surface area contributed by atoms with Crippen LogP contribution >= 0.6 is 11.8 Å². The molecule has 0 bridgehead atoms. The van der Waals surface area contributed by atoms with Crippen molar-refractivity contribution in [2.24, 2.45) is 0 Å². The van der Waals surface area contributed by atoms with Crippen LogP contribution in [-0.4, -0.2) is 26.0 Å². The molecule has 0 fully saturated rings. The van der Waals surface area contributed by atoms with Gasteiger partial charge in [-0.05, 0) is 31.4 Å². The summed E-state index contributed by atoms with van der Waals surface area (Å²) in [5, 5.41) is 3.31. The van der Waals surface area contributed by atoms with Crippen molar-refractivity contribution in [3.8, 4) is 5.75 Å². The highest BCUT2D eigenvalue weighted by Crippen LogP contribution is 2.26. The third-order valence-electron chi connectivity index (χ3n) is 2.03. The first kappa shape index (κ1) is 12.4. The van der Waals surface area contributed by atoms with Gasteiger partial charge in [0, 0.05) is 11.4 Å². The van der Waals surface area contributed by atoms with Crippen LogP contribution in [0.2, 0.25) is 0 Å². The monoisotopic (exact) mass is 225 g/mol. The van der Waals surface area contributed by atoms with Crippen LogP contribution in [0.4, 0.5) is 0 Å². The average molecular weight is 225 g/mol. The number of thioether (sulfide) groups is 1. The molecule has 0 amide bonds. The van der Waals surface area contributed by atoms with Crippen LogP contribution in [0, 0.1) is 0 Å². The van der Waals surface area contributed by atoms with Crippen LogP contribution in [0.5, 0.6) is 5.75 Å². The van der Waals surface area contributed by atoms with Crippen molar-refractivity contribution in [2.75, 3.05) is 26.0 Å². The van der Waals surface area contributed by atoms with E-state index in [-0.39, 0.29) is 0 Å². The molecule has 2 nitrogen and oxygen atoms in total. The van der Waals surface area contributed by atoms with E-state index in [2.05, 4.69) is 24.6 Å². The Bertz CT molecular complexity index is 278. The second-order valence-corrected chi connectivity index (χ2v) is 4.10. The largest absolute Gasteiger partial charge is 0.491 e. The van der Waals surface area contributed by atoms with E-state index in [0.29, 0.717) is 0 Å². The zero-order chi connectivity index (χ0) is 10.9. The van der Waals surface area contributed by atoms with Crippen molar-refractivity contribution in [3.63, 3.8) is 0 Å². The van der Waals surface area contributed by atoms with Crippen LogP contribution in [0.25, 0.3) is 0 Å². The lowest BCUT2D eigenvalue weighted by atomic mass is 10.3. The van der Waals surface area contributed by atoms with Crippen molar-refractivity contribution >= 4 is 11.8 Å². The Morgan fingerprint density at radius 3 is 2.80 bits per heavy atom. The normalized spacial score (nSPS) is 10.3. The molecule has 0 saturated carbocycles. The second-order valence-electron chi connectivity index (χ2n) is 3.25. The molecule has 0 heterocycles. The lowest BCUT2D eigenvalue weighted by Crippen LogP contribution is -2.21. The van der Waals surface area contributed by atoms with E-state index in [9.17, 15) is 0 Å². The average Bonchev–Trinajstić information content (AvgIpc) is 2.29. The molecular formula is C12H19NOS. The van der Waals surface area contributed by atoms with Crippen molar-refractivity contribution < 1.29 is 4.74 Å². The highest BCUT2D eigenvalue weighted by atomic mass is 32.2. The molecule has 0 spiro atoms. The summed E-state index contributed by atoms with van der Waals surface area (Å²) in [6.07, 6.45) is 3.24. The Kier molecular flexibility index (Phi) is 6.28. The molecule has 1 aromatic rings. The Morgan fingerprint density at radius 1 is 1.27 bits per heavy atom. The molecule has 1 rings (SSSR count). The van der Waals surface area contributed by atoms with Crippen LogP contribution in [0.3, 0.4) is 0 Å². The van der Waals surface area contributed by atoms with Gasteiger partial charge in [0.1, 0.15) is 12.4 Å². The maximum atomic E-state index is 5.69. The lowest BCUT2D eigenvalue weighted by molar-refractivity contribution is 0.307. The van der Waals surface area contributed by atoms with Gasteiger partial charge in [0.15, 0.2) is 0 Å². The molecule has 1 aromatic carbocycles. The SMILES string of the molecule is CCCNCCOc1ccccc1SC. The predicted molar refractivity (Wildman–Crippen MR) is 66.9 cm³/mol. The summed E-state index contributed by atoms with van der Waals surface area (Å²) >= 11 is 1.72. The van der Waals surface area contributed by atoms with E-state index >= 15 is 0 Å². The Labute approximate surface area is 96.4 Å². The summed E-state index contributed by atoms with van der Waals surface area (Å²) in [5.41, 5.74) is 0. The minimum atomic E-state index is 0.734. The molecule has 0 atom stereocenters. The van der Waals surface area contributed by atoms with Gasteiger partial charge in [0.25, 0.3) is 0 Å². The number of para-hydroxylation sites is 1. The molecule has 0 aliphatic heterocycles. The van der Waals surface area contributed by atoms with Crippen molar-refractivity contribution in [3.05, 3.63) is 24.3 Å². The number of nitrogens with one attached hydrogen (secondary N) is 1. The molecule has 0 aromatic heterocycles. The zero-order valence-electron chi connectivity index (χ0n) is 9.45. The first-order valence-electron chi connectivity index (χ1n) is 5.35. The number of hydrogen-bond donors (Lipinski definition) is 1. The molecule has 84 valence electrons. The van der Waals surface area contributed by atoms with E-state index < -0.39 is 0 Å². The van der Waals surface area contributed by atoms with Gasteiger partial charge in [-0.2, -0.15) is 0 Å². The van der Waals surface area contributed by atoms with Crippen molar-refractivity contribution in [2.45, 2.75) is 18.2 Å². The van der Waals surface area contributed by atoms with Crippen molar-refractivity contribution in [1.29, 1.82) is 0 Å². The Balaban J connectivity index is 2.30. The van der Waals surface area contributed by atoms with Crippen molar-refractivity contribution in [1.82, 2.24) is 5.32 Å². The van der Waals surface area contributed by atoms with E-state index in [1.807, 2.05) is 18.2 Å². The molecule has 3 heteroatoms. The van der Waals surface area contributed by atoms with Gasteiger partial charge in [-0.15, -0.1) is 11.8 Å². The van der Waals surface area contributed by atoms with Gasteiger partial charge in [-0.3, -0.25) is 0 Å². The number of hydrogen-bond acceptors (Lipinski definition) is 3. The van der Waals surface area contributed by atoms with Crippen LogP contribution in [0.1, 0.15) is 13.3 Å². The minimum absolute atomic E-state index is 0.734. The van der Waals surface area contributed by atoms with Gasteiger partial charge in [0.2, 0.25) is 0 Å². The van der Waals surface area contributed by atoms with E-state index in [1.165, 1.54) is 11.3 Å². The Hall–Kier alpha value is -0.670. The molecule has 0 saturated heterocycles. The molecule has 0 aliphatic carbocycles. The first-order chi connectivity index (χ1) is 7.38. The van der Waals surface area contributed by atoms with Gasteiger partial charge >= 0.3 is 0 Å². The minimum Gasteiger partial charge on any atom is -0.491 e. The fourth-order valence-electron chi connectivity index (χ4n) is 1.27. The summed E-state index contributed by atoms with van der Waals surface area (Å²) in [7, 11) is 0. The highest BCUT2D eigenvalue weighted by Gasteiger charge is 1.99. The maximum Gasteiger partial charge on any atom is 0.132 e. The molecule has 0 aliphatic rings. The van der Waals surface area contributed by atoms with Gasteiger partial charge in [-0.1, -0.05) is 19.1 Å². The number of ether oxygens (including phenoxy) is 1. The Morgan fingerprint density at radius 2 is 2.07 bits per heavy atom. The van der Waals surface area contributed by atoms with E-state index in [4.69, 9.17) is 4.74 Å². The van der Waals surface area contributed by atoms with Crippen LogP contribution < -0.4 is 10.1 Å². The summed E-state index contributed by atoms with van der Waals surface area (Å²) < 4.78 is 5.69. The summed E-state index contributed by atoms with van der Waals surface area (Å²) in [4.78, 5) is 1.20. The third-order valence-corrected chi connectivity index (χ3v) is 2.81.